The van der Waals surface area contributed by atoms with Crippen molar-refractivity contribution in [1.82, 2.24) is 23.8 Å². The van der Waals surface area contributed by atoms with Gasteiger partial charge in [-0.15, -0.1) is 5.10 Å². The highest BCUT2D eigenvalue weighted by molar-refractivity contribution is 7.71. The largest absolute Gasteiger partial charge is 0.477 e. The predicted molar refractivity (Wildman–Crippen MR) is 183 cm³/mol. The summed E-state index contributed by atoms with van der Waals surface area (Å²) in [6.45, 7) is 2.90. The molecule has 1 aliphatic heterocycles. The molecule has 8 rings (SSSR count). The number of carboxylic acids is 1. The Morgan fingerprint density at radius 3 is 2.36 bits per heavy atom. The van der Waals surface area contributed by atoms with Crippen LogP contribution in [0.15, 0.2) is 95.9 Å². The van der Waals surface area contributed by atoms with Gasteiger partial charge in [0.2, 0.25) is 10.2 Å². The number of fused-ring (bicyclic) bond motifs is 2. The van der Waals surface area contributed by atoms with Crippen LogP contribution in [0.2, 0.25) is 0 Å². The summed E-state index contributed by atoms with van der Waals surface area (Å²) in [5.74, 6) is -1.07. The predicted octanol–water partition coefficient (Wildman–Crippen LogP) is 6.49. The monoisotopic (exact) mass is 646 g/mol. The zero-order valence-electron chi connectivity index (χ0n) is 25.4. The number of nitrogens with zero attached hydrogens (tertiary/aromatic N) is 6. The third-order valence-electron chi connectivity index (χ3n) is 9.18. The molecule has 6 aromatic rings. The number of pyridine rings is 1. The first-order chi connectivity index (χ1) is 22.9. The molecule has 236 valence electrons. The van der Waals surface area contributed by atoms with E-state index in [4.69, 9.17) is 17.3 Å². The number of anilines is 1. The molecular weight excluding hydrogens is 616 g/mol. The number of aromatic nitrogens is 4. The van der Waals surface area contributed by atoms with Crippen LogP contribution in [0.1, 0.15) is 29.2 Å². The van der Waals surface area contributed by atoms with Gasteiger partial charge in [-0.25, -0.2) is 13.9 Å². The Labute approximate surface area is 274 Å². The molecule has 47 heavy (non-hydrogen) atoms. The normalized spacial score (nSPS) is 15.5. The molecule has 2 aromatic heterocycles. The van der Waals surface area contributed by atoms with Crippen molar-refractivity contribution in [2.45, 2.75) is 25.6 Å². The Kier molecular flexibility index (Phi) is 7.22. The molecule has 1 saturated carbocycles. The summed E-state index contributed by atoms with van der Waals surface area (Å²) < 4.78 is 21.8. The molecule has 0 spiro atoms. The third-order valence-corrected chi connectivity index (χ3v) is 9.57. The maximum atomic E-state index is 15.5. The van der Waals surface area contributed by atoms with E-state index in [1.54, 1.807) is 6.07 Å². The van der Waals surface area contributed by atoms with E-state index in [1.165, 1.54) is 12.3 Å². The van der Waals surface area contributed by atoms with E-state index in [0.717, 1.165) is 40.7 Å². The van der Waals surface area contributed by atoms with Crippen LogP contribution in [0.4, 0.5) is 10.1 Å². The van der Waals surface area contributed by atoms with E-state index in [1.807, 2.05) is 61.2 Å². The smallest absolute Gasteiger partial charge is 0.341 e. The van der Waals surface area contributed by atoms with Crippen molar-refractivity contribution in [3.05, 3.63) is 118 Å². The number of benzene rings is 4. The van der Waals surface area contributed by atoms with Gasteiger partial charge in [0.1, 0.15) is 11.4 Å². The zero-order chi connectivity index (χ0) is 32.2. The van der Waals surface area contributed by atoms with E-state index in [0.29, 0.717) is 48.8 Å². The quantitative estimate of drug-likeness (QED) is 0.199. The first-order valence-corrected chi connectivity index (χ1v) is 16.1. The van der Waals surface area contributed by atoms with Crippen molar-refractivity contribution >= 4 is 45.5 Å². The van der Waals surface area contributed by atoms with Gasteiger partial charge in [-0.2, -0.15) is 0 Å². The molecule has 0 amide bonds. The second-order valence-corrected chi connectivity index (χ2v) is 12.6. The molecule has 9 nitrogen and oxygen atoms in total. The lowest BCUT2D eigenvalue weighted by molar-refractivity contribution is 0.0695. The van der Waals surface area contributed by atoms with Gasteiger partial charge in [0.25, 0.3) is 0 Å². The topological polar surface area (TPSA) is 88.5 Å². The lowest BCUT2D eigenvalue weighted by Gasteiger charge is -2.36. The van der Waals surface area contributed by atoms with Crippen molar-refractivity contribution in [3.8, 4) is 17.1 Å². The lowest BCUT2D eigenvalue weighted by Crippen LogP contribution is -2.47. The average Bonchev–Trinajstić information content (AvgIpc) is 3.88. The molecule has 1 aliphatic carbocycles. The Hall–Kier alpha value is -5.13. The van der Waals surface area contributed by atoms with Crippen molar-refractivity contribution < 1.29 is 14.3 Å². The van der Waals surface area contributed by atoms with Gasteiger partial charge in [0.05, 0.1) is 17.9 Å². The minimum atomic E-state index is -1.30. The van der Waals surface area contributed by atoms with E-state index >= 15 is 4.39 Å². The molecule has 0 radical (unpaired) electrons. The first-order valence-electron chi connectivity index (χ1n) is 15.7. The third kappa shape index (κ3) is 5.31. The molecular formula is C36H31FN6O3S. The zero-order valence-corrected chi connectivity index (χ0v) is 26.2. The van der Waals surface area contributed by atoms with Gasteiger partial charge in [0, 0.05) is 55.1 Å². The summed E-state index contributed by atoms with van der Waals surface area (Å²) in [5.41, 5.74) is 1.90. The molecule has 1 N–H and O–H groups in total. The number of carbonyl (C=O) groups is 1. The Balaban J connectivity index is 1.07. The molecule has 1 saturated heterocycles. The number of halogens is 1. The molecule has 3 heterocycles. The minimum Gasteiger partial charge on any atom is -0.477 e. The van der Waals surface area contributed by atoms with Crippen LogP contribution in [0.3, 0.4) is 0 Å². The second-order valence-electron chi connectivity index (χ2n) is 12.2. The number of carboxylic acid groups (broad SMARTS) is 1. The summed E-state index contributed by atoms with van der Waals surface area (Å²) in [7, 11) is 0. The number of hydrogen-bond donors (Lipinski definition) is 1. The van der Waals surface area contributed by atoms with Gasteiger partial charge in [-0.3, -0.25) is 14.3 Å². The van der Waals surface area contributed by atoms with Crippen molar-refractivity contribution in [3.63, 3.8) is 0 Å². The number of para-hydroxylation sites is 1. The van der Waals surface area contributed by atoms with E-state index in [9.17, 15) is 14.7 Å². The highest BCUT2D eigenvalue weighted by Crippen LogP contribution is 2.38. The lowest BCUT2D eigenvalue weighted by atomic mass is 10.1. The average molecular weight is 647 g/mol. The number of aromatic carboxylic acids is 1. The number of hydrogen-bond acceptors (Lipinski definition) is 6. The van der Waals surface area contributed by atoms with Crippen LogP contribution in [0, 0.1) is 10.6 Å². The van der Waals surface area contributed by atoms with Gasteiger partial charge >= 0.3 is 5.97 Å². The summed E-state index contributed by atoms with van der Waals surface area (Å²) in [6.07, 6.45) is 3.20. The summed E-state index contributed by atoms with van der Waals surface area (Å²) in [4.78, 5) is 28.9. The maximum absolute atomic E-state index is 15.5. The fourth-order valence-corrected chi connectivity index (χ4v) is 6.84. The fraction of sp³-hybridized carbons (Fsp3) is 0.222. The van der Waals surface area contributed by atoms with Crippen LogP contribution in [0.5, 0.6) is 0 Å². The maximum Gasteiger partial charge on any atom is 0.341 e. The van der Waals surface area contributed by atoms with Gasteiger partial charge in [-0.1, -0.05) is 54.6 Å². The molecule has 0 unspecified atom stereocenters. The Morgan fingerprint density at radius 2 is 1.64 bits per heavy atom. The highest BCUT2D eigenvalue weighted by Gasteiger charge is 2.29. The summed E-state index contributed by atoms with van der Waals surface area (Å²) >= 11 is 6.01. The number of piperazine rings is 1. The molecule has 2 fully saturated rings. The second kappa shape index (κ2) is 11.6. The number of rotatable bonds is 7. The van der Waals surface area contributed by atoms with Crippen LogP contribution in [-0.4, -0.2) is 61.1 Å². The molecule has 11 heteroatoms. The van der Waals surface area contributed by atoms with Gasteiger partial charge < -0.3 is 14.6 Å². The minimum absolute atomic E-state index is 0.0993. The van der Waals surface area contributed by atoms with Crippen LogP contribution in [0.25, 0.3) is 38.8 Å². The van der Waals surface area contributed by atoms with Crippen molar-refractivity contribution in [2.24, 2.45) is 0 Å². The first kappa shape index (κ1) is 29.3. The summed E-state index contributed by atoms with van der Waals surface area (Å²) in [5, 5.41) is 17.0. The van der Waals surface area contributed by atoms with Gasteiger partial charge in [-0.05, 0) is 66.2 Å². The molecule has 0 bridgehead atoms. The van der Waals surface area contributed by atoms with Crippen LogP contribution in [-0.2, 0) is 6.67 Å². The van der Waals surface area contributed by atoms with Crippen LogP contribution >= 0.6 is 12.2 Å². The molecule has 2 aliphatic rings. The van der Waals surface area contributed by atoms with Gasteiger partial charge in [0.15, 0.2) is 5.82 Å². The molecule has 0 atom stereocenters. The highest BCUT2D eigenvalue weighted by atomic mass is 32.1. The molecule has 4 aromatic carbocycles. The van der Waals surface area contributed by atoms with E-state index in [2.05, 4.69) is 35.2 Å². The Bertz CT molecular complexity index is 2300. The standard InChI is InChI=1S/C36H31FN6O3S/c37-30-19-28-31(41(26-12-13-26)21-29(33(28)44)35(45)46)20-32(30)40-16-14-39(15-17-40)22-42-36(47)43(27-8-2-1-3-9-27)34(38-42)25-11-10-23-6-4-5-7-24(23)18-25/h1-11,18-21,26H,12-17,22H2,(H,45,46). The van der Waals surface area contributed by atoms with E-state index in [-0.39, 0.29) is 17.0 Å². The van der Waals surface area contributed by atoms with Crippen LogP contribution < -0.4 is 10.3 Å². The Morgan fingerprint density at radius 1 is 0.915 bits per heavy atom. The van der Waals surface area contributed by atoms with Crippen molar-refractivity contribution in [1.29, 1.82) is 0 Å². The fourth-order valence-electron chi connectivity index (χ4n) is 6.55. The summed E-state index contributed by atoms with van der Waals surface area (Å²) in [6, 6.07) is 27.6. The SMILES string of the molecule is O=C(O)c1cn(C2CC2)c2cc(N3CCN(Cn4nc(-c5ccc6ccccc6c5)n(-c5ccccc5)c4=S)CC3)c(F)cc2c1=O. The van der Waals surface area contributed by atoms with Crippen molar-refractivity contribution in [2.75, 3.05) is 31.1 Å². The van der Waals surface area contributed by atoms with E-state index < -0.39 is 17.2 Å².